The predicted molar refractivity (Wildman–Crippen MR) is 334 cm³/mol. The van der Waals surface area contributed by atoms with Crippen LogP contribution in [-0.4, -0.2) is 91.6 Å². The van der Waals surface area contributed by atoms with Crippen molar-refractivity contribution in [3.63, 3.8) is 0 Å². The third kappa shape index (κ3) is 17.6. The highest BCUT2D eigenvalue weighted by atomic mass is 28.3. The van der Waals surface area contributed by atoms with E-state index in [4.69, 9.17) is 4.74 Å². The third-order valence-electron chi connectivity index (χ3n) is 15.1. The number of likely N-dealkylation sites (N-methyl/N-ethyl adjacent to an activating group) is 1. The van der Waals surface area contributed by atoms with Gasteiger partial charge in [0.25, 0.3) is 0 Å². The van der Waals surface area contributed by atoms with E-state index in [-0.39, 0.29) is 36.6 Å². The molecule has 0 bridgehead atoms. The molecule has 0 aromatic heterocycles. The lowest BCUT2D eigenvalue weighted by atomic mass is 9.77. The van der Waals surface area contributed by atoms with Gasteiger partial charge in [0.05, 0.1) is 6.42 Å². The van der Waals surface area contributed by atoms with Gasteiger partial charge in [-0.25, -0.2) is 4.79 Å². The number of benzene rings is 6. The molecule has 0 heterocycles. The van der Waals surface area contributed by atoms with E-state index in [0.717, 1.165) is 32.6 Å². The summed E-state index contributed by atoms with van der Waals surface area (Å²) in [6.45, 7) is 16.6. The lowest BCUT2D eigenvalue weighted by Crippen LogP contribution is -2.72. The second-order valence-corrected chi connectivity index (χ2v) is 27.3. The Morgan fingerprint density at radius 1 is 0.512 bits per heavy atom. The monoisotopic (exact) mass is 1160 g/mol. The summed E-state index contributed by atoms with van der Waals surface area (Å²) >= 11 is 0. The van der Waals surface area contributed by atoms with Crippen LogP contribution in [0.3, 0.4) is 0 Å². The van der Waals surface area contributed by atoms with Crippen LogP contribution in [0.15, 0.2) is 182 Å². The van der Waals surface area contributed by atoms with E-state index in [1.165, 1.54) is 0 Å². The van der Waals surface area contributed by atoms with Crippen LogP contribution in [0.2, 0.25) is 6.04 Å². The molecule has 0 aliphatic carbocycles. The fraction of sp³-hybridized carbons (Fsp3) is 0.368. The molecule has 6 aromatic rings. The van der Waals surface area contributed by atoms with Crippen molar-refractivity contribution < 1.29 is 38.3 Å². The molecule has 6 rings (SSSR count). The van der Waals surface area contributed by atoms with Gasteiger partial charge in [0.15, 0.2) is 0 Å². The van der Waals surface area contributed by atoms with E-state index in [1.807, 2.05) is 210 Å². The fourth-order valence-electron chi connectivity index (χ4n) is 10.8. The van der Waals surface area contributed by atoms with Gasteiger partial charge in [-0.15, -0.1) is 0 Å². The number of alkyl carbamates (subject to hydrolysis) is 1. The van der Waals surface area contributed by atoms with Gasteiger partial charge < -0.3 is 42.0 Å². The molecule has 0 fully saturated rings. The largest absolute Gasteiger partial charge is 0.444 e. The van der Waals surface area contributed by atoms with Crippen LogP contribution in [0.4, 0.5) is 4.79 Å². The molecule has 15 nitrogen and oxygen atoms in total. The Morgan fingerprint density at radius 3 is 1.44 bits per heavy atom. The zero-order valence-electron chi connectivity index (χ0n) is 50.1. The molecule has 7 amide bonds. The summed E-state index contributed by atoms with van der Waals surface area (Å²) in [6, 6.07) is 53.9. The SMILES string of the molecule is CCNC(=O)[C@H](CC(C)C)NC(=O)[C@@H](NC(=O)[C@H](C)NC(=O)CC[Si](c1ccccc1)(c1ccccc1)[C@H](Cc1ccccc1)NC(=O)[C@H](CC(=O)NC(c1ccccc1)(c1ccccc1)c1ccccc1)NC(=O)OC(C)(C)C)[C@@H](C)CC. The lowest BCUT2D eigenvalue weighted by molar-refractivity contribution is -0.134. The number of carbonyl (C=O) groups excluding carboxylic acids is 7. The van der Waals surface area contributed by atoms with Crippen molar-refractivity contribution in [3.8, 4) is 0 Å². The predicted octanol–water partition coefficient (Wildman–Crippen LogP) is 8.00. The Bertz CT molecular complexity index is 2940. The van der Waals surface area contributed by atoms with Crippen molar-refractivity contribution in [2.24, 2.45) is 11.8 Å². The standard InChI is InChI=1S/C68H85N7O8Si/c1-10-48(5)61(65(81)71-56(44-47(3)4)63(79)69-11-2)74-62(78)49(6)70-58(76)42-43-84(54-38-26-16-27-39-54,55-40-28-17-29-41-55)60(45-50-30-18-12-19-31-50)73-64(80)57(72-66(82)83-67(7,8)9)46-59(77)75-68(51-32-20-13-21-33-51,52-34-22-14-23-35-52)53-36-24-15-25-37-53/h12-41,47-49,56-57,60-61H,10-11,42-46H2,1-9H3,(H,69,79)(H,70,76)(H,71,81)(H,72,82)(H,73,80)(H,74,78)(H,75,77)/t48-,49-,56-,57-,60+,61-/m0/s1. The van der Waals surface area contributed by atoms with Crippen LogP contribution in [-0.2, 0) is 45.5 Å². The van der Waals surface area contributed by atoms with Gasteiger partial charge in [0.2, 0.25) is 35.4 Å². The first-order valence-corrected chi connectivity index (χ1v) is 31.6. The normalized spacial score (nSPS) is 13.8. The first-order valence-electron chi connectivity index (χ1n) is 29.3. The molecule has 0 spiro atoms. The summed E-state index contributed by atoms with van der Waals surface area (Å²) < 4.78 is 5.76. The minimum absolute atomic E-state index is 0.0873. The van der Waals surface area contributed by atoms with E-state index < -0.39 is 91.1 Å². The number of hydrogen-bond donors (Lipinski definition) is 7. The van der Waals surface area contributed by atoms with Gasteiger partial charge in [0.1, 0.15) is 43.4 Å². The zero-order chi connectivity index (χ0) is 60.9. The Morgan fingerprint density at radius 2 is 0.988 bits per heavy atom. The fourth-order valence-corrected chi connectivity index (χ4v) is 16.0. The molecule has 0 saturated heterocycles. The lowest BCUT2D eigenvalue weighted by Gasteiger charge is -2.41. The molecule has 0 aliphatic heterocycles. The molecule has 444 valence electrons. The van der Waals surface area contributed by atoms with Crippen molar-refractivity contribution in [2.45, 2.75) is 141 Å². The Kier molecular flexibility index (Phi) is 23.7. The van der Waals surface area contributed by atoms with Gasteiger partial charge in [0, 0.05) is 18.6 Å². The summed E-state index contributed by atoms with van der Waals surface area (Å²) in [7, 11) is -3.53. The minimum atomic E-state index is -3.53. The van der Waals surface area contributed by atoms with Crippen LogP contribution in [0.5, 0.6) is 0 Å². The molecule has 6 atom stereocenters. The van der Waals surface area contributed by atoms with E-state index >= 15 is 9.59 Å². The third-order valence-corrected chi connectivity index (χ3v) is 20.4. The molecule has 7 N–H and O–H groups in total. The van der Waals surface area contributed by atoms with Crippen molar-refractivity contribution in [3.05, 3.63) is 204 Å². The molecule has 0 aliphatic rings. The van der Waals surface area contributed by atoms with Crippen LogP contribution < -0.4 is 47.6 Å². The maximum Gasteiger partial charge on any atom is 0.408 e. The smallest absolute Gasteiger partial charge is 0.408 e. The van der Waals surface area contributed by atoms with E-state index in [9.17, 15) is 24.0 Å². The number of amides is 7. The van der Waals surface area contributed by atoms with Crippen molar-refractivity contribution >= 4 is 60.0 Å². The number of ether oxygens (including phenoxy) is 1. The number of nitrogens with one attached hydrogen (secondary N) is 7. The van der Waals surface area contributed by atoms with Gasteiger partial charge >= 0.3 is 6.09 Å². The number of carbonyl (C=O) groups is 7. The highest BCUT2D eigenvalue weighted by Crippen LogP contribution is 2.37. The molecule has 0 unspecified atom stereocenters. The molecule has 16 heteroatoms. The summed E-state index contributed by atoms with van der Waals surface area (Å²) in [5.41, 5.74) is 0.259. The van der Waals surface area contributed by atoms with Crippen LogP contribution in [0.25, 0.3) is 0 Å². The zero-order valence-corrected chi connectivity index (χ0v) is 51.1. The first-order chi connectivity index (χ1) is 40.2. The second-order valence-electron chi connectivity index (χ2n) is 23.0. The van der Waals surface area contributed by atoms with Gasteiger partial charge in [-0.05, 0) is 87.6 Å². The molecule has 84 heavy (non-hydrogen) atoms. The Labute approximate surface area is 497 Å². The highest BCUT2D eigenvalue weighted by molar-refractivity contribution is 7.03. The summed E-state index contributed by atoms with van der Waals surface area (Å²) in [4.78, 5) is 100. The minimum Gasteiger partial charge on any atom is -0.444 e. The number of hydrogen-bond acceptors (Lipinski definition) is 8. The van der Waals surface area contributed by atoms with Gasteiger partial charge in [-0.1, -0.05) is 226 Å². The summed E-state index contributed by atoms with van der Waals surface area (Å²) in [5.74, 6) is -3.23. The number of rotatable bonds is 28. The van der Waals surface area contributed by atoms with E-state index in [0.29, 0.717) is 19.4 Å². The molecular weight excluding hydrogens is 1070 g/mol. The molecular formula is C68H85N7O8Si. The topological polar surface area (TPSA) is 213 Å². The second kappa shape index (κ2) is 30.8. The van der Waals surface area contributed by atoms with Crippen LogP contribution >= 0.6 is 0 Å². The summed E-state index contributed by atoms with van der Waals surface area (Å²) in [5, 5.41) is 22.8. The van der Waals surface area contributed by atoms with E-state index in [2.05, 4.69) is 37.2 Å². The molecule has 6 aromatic carbocycles. The van der Waals surface area contributed by atoms with Crippen molar-refractivity contribution in [2.75, 3.05) is 6.54 Å². The average Bonchev–Trinajstić information content (AvgIpc) is 2.78. The maximum absolute atomic E-state index is 15.7. The van der Waals surface area contributed by atoms with Crippen LogP contribution in [0, 0.1) is 11.8 Å². The van der Waals surface area contributed by atoms with Gasteiger partial charge in [-0.2, -0.15) is 0 Å². The first kappa shape index (κ1) is 64.8. The Hall–Kier alpha value is -8.37. The van der Waals surface area contributed by atoms with E-state index in [1.54, 1.807) is 34.6 Å². The Balaban J connectivity index is 1.38. The van der Waals surface area contributed by atoms with Crippen molar-refractivity contribution in [1.82, 2.24) is 37.2 Å². The average molecular weight is 1160 g/mol. The molecule has 0 radical (unpaired) electrons. The van der Waals surface area contributed by atoms with Gasteiger partial charge in [-0.3, -0.25) is 28.8 Å². The molecule has 0 saturated carbocycles. The highest BCUT2D eigenvalue weighted by Gasteiger charge is 2.47. The van der Waals surface area contributed by atoms with Crippen LogP contribution in [0.1, 0.15) is 110 Å². The maximum atomic E-state index is 15.7. The quantitative estimate of drug-likeness (QED) is 0.0189. The summed E-state index contributed by atoms with van der Waals surface area (Å²) in [6.07, 6.45) is -0.258. The van der Waals surface area contributed by atoms with Crippen molar-refractivity contribution in [1.29, 1.82) is 0 Å².